The van der Waals surface area contributed by atoms with Crippen LogP contribution in [0, 0.1) is 0 Å². The van der Waals surface area contributed by atoms with E-state index in [0.717, 1.165) is 12.8 Å². The molecule has 5 heteroatoms. The molecule has 1 aliphatic heterocycles. The van der Waals surface area contributed by atoms with Gasteiger partial charge in [-0.05, 0) is 45.7 Å². The summed E-state index contributed by atoms with van der Waals surface area (Å²) < 4.78 is 34.7. The van der Waals surface area contributed by atoms with Crippen LogP contribution in [0.25, 0.3) is 0 Å². The van der Waals surface area contributed by atoms with Gasteiger partial charge in [-0.15, -0.1) is 0 Å². The highest BCUT2D eigenvalue weighted by Crippen LogP contribution is 2.41. The molecule has 0 radical (unpaired) electrons. The minimum absolute atomic E-state index is 0.0720. The normalized spacial score (nSPS) is 24.6. The third kappa shape index (κ3) is 4.40. The van der Waals surface area contributed by atoms with Crippen LogP contribution < -0.4 is 0 Å². The Labute approximate surface area is 126 Å². The Balaban J connectivity index is 1.84. The molecule has 1 heterocycles. The average Bonchev–Trinajstić information content (AvgIpc) is 3.08. The van der Waals surface area contributed by atoms with E-state index in [1.807, 2.05) is 6.92 Å². The average molecular weight is 310 g/mol. The Kier molecular flexibility index (Phi) is 4.86. The fourth-order valence-corrected chi connectivity index (χ4v) is 3.10. The monoisotopic (exact) mass is 310 g/mol. The molecule has 2 unspecified atom stereocenters. The molecule has 0 amide bonds. The zero-order valence-corrected chi connectivity index (χ0v) is 13.5. The van der Waals surface area contributed by atoms with Crippen molar-refractivity contribution in [2.75, 3.05) is 6.61 Å². The summed E-state index contributed by atoms with van der Waals surface area (Å²) in [6.45, 7) is 6.18. The Hall–Kier alpha value is -1.17. The van der Waals surface area contributed by atoms with Crippen molar-refractivity contribution in [2.24, 2.45) is 0 Å². The van der Waals surface area contributed by atoms with Gasteiger partial charge < -0.3 is 4.74 Å². The van der Waals surface area contributed by atoms with E-state index < -0.39 is 10.1 Å². The third-order valence-electron chi connectivity index (χ3n) is 3.64. The molecular formula is C16H22O4S. The molecule has 1 aromatic carbocycles. The van der Waals surface area contributed by atoms with Gasteiger partial charge in [-0.25, -0.2) is 0 Å². The van der Waals surface area contributed by atoms with Crippen molar-refractivity contribution in [2.45, 2.75) is 50.2 Å². The lowest BCUT2D eigenvalue weighted by atomic mass is 10.0. The summed E-state index contributed by atoms with van der Waals surface area (Å²) in [7, 11) is -3.69. The first-order chi connectivity index (χ1) is 9.83. The van der Waals surface area contributed by atoms with Crippen molar-refractivity contribution < 1.29 is 17.3 Å². The van der Waals surface area contributed by atoms with Crippen molar-refractivity contribution in [3.05, 3.63) is 42.0 Å². The highest BCUT2D eigenvalue weighted by atomic mass is 32.2. The lowest BCUT2D eigenvalue weighted by molar-refractivity contribution is 0.252. The van der Waals surface area contributed by atoms with Crippen LogP contribution >= 0.6 is 0 Å². The number of hydrogen-bond donors (Lipinski definition) is 0. The van der Waals surface area contributed by atoms with Crippen molar-refractivity contribution in [3.8, 4) is 0 Å². The Bertz CT molecular complexity index is 602. The van der Waals surface area contributed by atoms with Gasteiger partial charge in [-0.2, -0.15) is 8.42 Å². The maximum absolute atomic E-state index is 12.0. The predicted molar refractivity (Wildman–Crippen MR) is 81.5 cm³/mol. The van der Waals surface area contributed by atoms with Crippen LogP contribution in [-0.4, -0.2) is 26.7 Å². The molecule has 2 rings (SSSR count). The minimum Gasteiger partial charge on any atom is -0.364 e. The van der Waals surface area contributed by atoms with Gasteiger partial charge in [0.15, 0.2) is 0 Å². The SMILES string of the molecule is CC(C)=CCCC1(C)OC1COS(=O)(=O)c1ccccc1. The quantitative estimate of drug-likeness (QED) is 0.440. The van der Waals surface area contributed by atoms with Crippen molar-refractivity contribution in [3.63, 3.8) is 0 Å². The molecule has 1 aliphatic rings. The van der Waals surface area contributed by atoms with Crippen LogP contribution in [0.5, 0.6) is 0 Å². The van der Waals surface area contributed by atoms with E-state index in [1.165, 1.54) is 17.7 Å². The second kappa shape index (κ2) is 6.30. The topological polar surface area (TPSA) is 55.9 Å². The van der Waals surface area contributed by atoms with Crippen LogP contribution in [0.3, 0.4) is 0 Å². The van der Waals surface area contributed by atoms with Crippen LogP contribution in [0.15, 0.2) is 46.9 Å². The third-order valence-corrected chi connectivity index (χ3v) is 4.93. The van der Waals surface area contributed by atoms with E-state index in [4.69, 9.17) is 8.92 Å². The van der Waals surface area contributed by atoms with Gasteiger partial charge in [0.25, 0.3) is 10.1 Å². The zero-order chi connectivity index (χ0) is 15.5. The molecule has 2 atom stereocenters. The first kappa shape index (κ1) is 16.2. The minimum atomic E-state index is -3.69. The number of rotatable bonds is 7. The number of allylic oxidation sites excluding steroid dienone is 2. The summed E-state index contributed by atoms with van der Waals surface area (Å²) in [5.74, 6) is 0. The largest absolute Gasteiger partial charge is 0.364 e. The molecule has 0 aromatic heterocycles. The van der Waals surface area contributed by atoms with E-state index in [2.05, 4.69) is 19.9 Å². The molecule has 0 N–H and O–H groups in total. The van der Waals surface area contributed by atoms with Crippen molar-refractivity contribution >= 4 is 10.1 Å². The van der Waals surface area contributed by atoms with Gasteiger partial charge in [0.05, 0.1) is 17.1 Å². The second-order valence-corrected chi connectivity index (χ2v) is 7.41. The van der Waals surface area contributed by atoms with E-state index in [0.29, 0.717) is 0 Å². The summed E-state index contributed by atoms with van der Waals surface area (Å²) in [4.78, 5) is 0.178. The van der Waals surface area contributed by atoms with Gasteiger partial charge in [-0.3, -0.25) is 4.18 Å². The molecule has 116 valence electrons. The lowest BCUT2D eigenvalue weighted by Crippen LogP contribution is -2.17. The molecule has 0 saturated carbocycles. The van der Waals surface area contributed by atoms with E-state index in [-0.39, 0.29) is 23.2 Å². The molecular weight excluding hydrogens is 288 g/mol. The standard InChI is InChI=1S/C16H22O4S/c1-13(2)8-7-11-16(3)15(20-16)12-19-21(17,18)14-9-5-4-6-10-14/h4-6,8-10,15H,7,11-12H2,1-3H3. The number of epoxide rings is 1. The fraction of sp³-hybridized carbons (Fsp3) is 0.500. The second-order valence-electron chi connectivity index (χ2n) is 5.79. The lowest BCUT2D eigenvalue weighted by Gasteiger charge is -2.06. The van der Waals surface area contributed by atoms with Gasteiger partial charge in [0, 0.05) is 0 Å². The molecule has 0 bridgehead atoms. The van der Waals surface area contributed by atoms with Crippen LogP contribution in [-0.2, 0) is 19.0 Å². The zero-order valence-electron chi connectivity index (χ0n) is 12.7. The van der Waals surface area contributed by atoms with Gasteiger partial charge in [-0.1, -0.05) is 29.8 Å². The first-order valence-corrected chi connectivity index (χ1v) is 8.50. The van der Waals surface area contributed by atoms with Gasteiger partial charge in [0.1, 0.15) is 6.10 Å². The van der Waals surface area contributed by atoms with Crippen molar-refractivity contribution in [1.29, 1.82) is 0 Å². The molecule has 1 saturated heterocycles. The van der Waals surface area contributed by atoms with Crippen molar-refractivity contribution in [1.82, 2.24) is 0 Å². The van der Waals surface area contributed by atoms with Crippen LogP contribution in [0.2, 0.25) is 0 Å². The number of hydrogen-bond acceptors (Lipinski definition) is 4. The Morgan fingerprint density at radius 1 is 1.33 bits per heavy atom. The highest BCUT2D eigenvalue weighted by Gasteiger charge is 2.52. The predicted octanol–water partition coefficient (Wildman–Crippen LogP) is 3.30. The van der Waals surface area contributed by atoms with Crippen LogP contribution in [0.1, 0.15) is 33.6 Å². The van der Waals surface area contributed by atoms with E-state index >= 15 is 0 Å². The van der Waals surface area contributed by atoms with Gasteiger partial charge >= 0.3 is 0 Å². The summed E-state index contributed by atoms with van der Waals surface area (Å²) in [5, 5.41) is 0. The Morgan fingerprint density at radius 2 is 2.00 bits per heavy atom. The molecule has 0 spiro atoms. The fourth-order valence-electron chi connectivity index (χ4n) is 2.18. The summed E-state index contributed by atoms with van der Waals surface area (Å²) in [6, 6.07) is 8.17. The Morgan fingerprint density at radius 3 is 2.62 bits per heavy atom. The highest BCUT2D eigenvalue weighted by molar-refractivity contribution is 7.86. The first-order valence-electron chi connectivity index (χ1n) is 7.09. The van der Waals surface area contributed by atoms with E-state index in [9.17, 15) is 8.42 Å². The molecule has 0 aliphatic carbocycles. The van der Waals surface area contributed by atoms with Crippen LogP contribution in [0.4, 0.5) is 0 Å². The number of ether oxygens (including phenoxy) is 1. The summed E-state index contributed by atoms with van der Waals surface area (Å²) in [6.07, 6.45) is 3.81. The van der Waals surface area contributed by atoms with Gasteiger partial charge in [0.2, 0.25) is 0 Å². The maximum atomic E-state index is 12.0. The molecule has 4 nitrogen and oxygen atoms in total. The maximum Gasteiger partial charge on any atom is 0.297 e. The summed E-state index contributed by atoms with van der Waals surface area (Å²) in [5.41, 5.74) is 1.01. The number of benzene rings is 1. The molecule has 21 heavy (non-hydrogen) atoms. The molecule has 1 fully saturated rings. The van der Waals surface area contributed by atoms with E-state index in [1.54, 1.807) is 18.2 Å². The summed E-state index contributed by atoms with van der Waals surface area (Å²) >= 11 is 0. The molecule has 1 aromatic rings. The smallest absolute Gasteiger partial charge is 0.297 e.